The average molecular weight is 996 g/mol. The predicted molar refractivity (Wildman–Crippen MR) is 310 cm³/mol. The van der Waals surface area contributed by atoms with Crippen LogP contribution in [0.25, 0.3) is 0 Å². The third-order valence-electron chi connectivity index (χ3n) is 14.9. The van der Waals surface area contributed by atoms with E-state index in [4.69, 9.17) is 9.98 Å². The number of aliphatic imine (C=N–C) groups is 2. The maximum atomic E-state index is 5.38. The van der Waals surface area contributed by atoms with Crippen molar-refractivity contribution in [2.45, 2.75) is 336 Å². The molecule has 0 bridgehead atoms. The summed E-state index contributed by atoms with van der Waals surface area (Å²) in [6.45, 7) is 9.23. The van der Waals surface area contributed by atoms with Gasteiger partial charge < -0.3 is 0 Å². The van der Waals surface area contributed by atoms with Crippen LogP contribution >= 0.6 is 0 Å². The zero-order valence-corrected chi connectivity index (χ0v) is 47.8. The van der Waals surface area contributed by atoms with Gasteiger partial charge in [-0.25, -0.2) is 0 Å². The van der Waals surface area contributed by atoms with Crippen LogP contribution < -0.4 is 0 Å². The first kappa shape index (κ1) is 65.3. The maximum absolute atomic E-state index is 5.38. The molecule has 0 N–H and O–H groups in total. The van der Waals surface area contributed by atoms with Crippen molar-refractivity contribution in [1.29, 1.82) is 0 Å². The van der Waals surface area contributed by atoms with E-state index in [1.54, 1.807) is 0 Å². The molecule has 0 fully saturated rings. The third-order valence-corrected chi connectivity index (χ3v) is 14.9. The van der Waals surface area contributed by atoms with E-state index in [0.29, 0.717) is 0 Å². The molecule has 3 heteroatoms. The van der Waals surface area contributed by atoms with Gasteiger partial charge in [0, 0.05) is 16.5 Å². The van der Waals surface area contributed by atoms with Crippen molar-refractivity contribution in [2.75, 3.05) is 0 Å². The van der Waals surface area contributed by atoms with Gasteiger partial charge in [-0.1, -0.05) is 309 Å². The summed E-state index contributed by atoms with van der Waals surface area (Å²) in [6.07, 6.45) is 66.0. The van der Waals surface area contributed by atoms with Crippen LogP contribution in [-0.2, 0) is 29.3 Å². The van der Waals surface area contributed by atoms with Gasteiger partial charge in [0.15, 0.2) is 0 Å². The molecule has 0 saturated heterocycles. The van der Waals surface area contributed by atoms with Crippen molar-refractivity contribution in [2.24, 2.45) is 9.98 Å². The van der Waals surface area contributed by atoms with Gasteiger partial charge >= 0.3 is 0 Å². The normalized spacial score (nSPS) is 12.0. The topological polar surface area (TPSA) is 24.7 Å². The quantitative estimate of drug-likeness (QED) is 0.0358. The number of hydrogen-bond donors (Lipinski definition) is 0. The van der Waals surface area contributed by atoms with Crippen LogP contribution in [0.5, 0.6) is 0 Å². The molecule has 0 heterocycles. The summed E-state index contributed by atoms with van der Waals surface area (Å²) in [5.41, 5.74) is 7.53. The molecule has 0 aliphatic carbocycles. The Hall–Kier alpha value is -1.73. The van der Waals surface area contributed by atoms with E-state index < -0.39 is 0 Å². The largest absolute Gasteiger partial charge is 0.252 e. The summed E-state index contributed by atoms with van der Waals surface area (Å²) in [6, 6.07) is 18.5. The van der Waals surface area contributed by atoms with Crippen LogP contribution in [-0.4, -0.2) is 11.4 Å². The number of hydrogen-bond acceptors (Lipinski definition) is 2. The van der Waals surface area contributed by atoms with Gasteiger partial charge in [0.1, 0.15) is 0 Å². The first-order valence-corrected chi connectivity index (χ1v) is 31.0. The van der Waals surface area contributed by atoms with Crippen molar-refractivity contribution >= 4 is 22.8 Å². The summed E-state index contributed by atoms with van der Waals surface area (Å²) in [5, 5.41) is 0. The van der Waals surface area contributed by atoms with Crippen LogP contribution in [0.2, 0.25) is 0 Å². The molecule has 0 atom stereocenters. The first-order valence-electron chi connectivity index (χ1n) is 31.0. The van der Waals surface area contributed by atoms with Gasteiger partial charge in [-0.3, -0.25) is 9.98 Å². The Bertz CT molecular complexity index is 1390. The summed E-state index contributed by atoms with van der Waals surface area (Å²) >= 11 is 0. The van der Waals surface area contributed by atoms with E-state index in [0.717, 1.165) is 30.6 Å². The van der Waals surface area contributed by atoms with Crippen LogP contribution in [0.4, 0.5) is 11.4 Å². The summed E-state index contributed by atoms with van der Waals surface area (Å²) in [4.78, 5) is 10.7. The van der Waals surface area contributed by atoms with Gasteiger partial charge in [0.2, 0.25) is 0 Å². The Kier molecular flexibility index (Phi) is 48.4. The fourth-order valence-corrected chi connectivity index (χ4v) is 10.2. The van der Waals surface area contributed by atoms with Crippen molar-refractivity contribution in [3.8, 4) is 0 Å². The Balaban J connectivity index is 0.0000238. The van der Waals surface area contributed by atoms with Gasteiger partial charge in [0.25, 0.3) is 0 Å². The van der Waals surface area contributed by atoms with Crippen LogP contribution in [0.3, 0.4) is 0 Å². The minimum absolute atomic E-state index is 0. The Morgan fingerprint density at radius 2 is 0.449 bits per heavy atom. The van der Waals surface area contributed by atoms with Crippen molar-refractivity contribution in [1.82, 2.24) is 0 Å². The molecule has 0 spiro atoms. The standard InChI is InChI=1S/C66H116N2.Ni/c1-5-9-13-16-19-21-23-25-27-29-31-33-35-37-39-41-43-46-49-61-53-57-63(58-54-61)67-65(51-12-8-4)66(52-48-45-18-15-11-7-3)68-64-59-55-62(56-60-64)50-47-44-42-40-38-36-34-32-30-28-26-24-22-20-17-14-10-6-2;/h53-60H,5-52H2,1-4H3;. The molecule has 0 aliphatic heterocycles. The number of nitrogens with zero attached hydrogens (tertiary/aromatic N) is 2. The Labute approximate surface area is 442 Å². The SMILES string of the molecule is CCCCCCCCCCCCCCCCCCCCc1ccc(N=C(CCCC)C(CCCCCCCC)=Nc2ccc(CCCCCCCCCCCCCCCCCCCC)cc2)cc1.[Ni]. The zero-order chi connectivity index (χ0) is 48.5. The predicted octanol–water partition coefficient (Wildman–Crippen LogP) is 23.6. The van der Waals surface area contributed by atoms with Gasteiger partial charge in [-0.2, -0.15) is 0 Å². The van der Waals surface area contributed by atoms with Gasteiger partial charge in [-0.05, 0) is 86.8 Å². The number of rotatable bonds is 51. The second kappa shape index (κ2) is 51.2. The third kappa shape index (κ3) is 40.4. The molecular formula is C66H116N2Ni. The number of aryl methyl sites for hydroxylation is 2. The second-order valence-corrected chi connectivity index (χ2v) is 21.6. The summed E-state index contributed by atoms with van der Waals surface area (Å²) in [7, 11) is 0. The molecule has 0 aromatic heterocycles. The number of benzene rings is 2. The number of unbranched alkanes of at least 4 members (excludes halogenated alkanes) is 40. The molecule has 400 valence electrons. The monoisotopic (exact) mass is 995 g/mol. The molecule has 0 aliphatic rings. The van der Waals surface area contributed by atoms with Crippen LogP contribution in [0.1, 0.15) is 334 Å². The fraction of sp³-hybridized carbons (Fsp3) is 0.788. The molecule has 0 unspecified atom stereocenters. The van der Waals surface area contributed by atoms with E-state index in [1.807, 2.05) is 0 Å². The van der Waals surface area contributed by atoms with Crippen LogP contribution in [0, 0.1) is 0 Å². The summed E-state index contributed by atoms with van der Waals surface area (Å²) < 4.78 is 0. The Morgan fingerprint density at radius 1 is 0.246 bits per heavy atom. The smallest absolute Gasteiger partial charge is 0.0633 e. The van der Waals surface area contributed by atoms with Crippen molar-refractivity contribution in [3.63, 3.8) is 0 Å². The molecule has 2 aromatic carbocycles. The first-order chi connectivity index (χ1) is 33.7. The van der Waals surface area contributed by atoms with E-state index in [1.165, 1.54) is 311 Å². The van der Waals surface area contributed by atoms with E-state index in [2.05, 4.69) is 76.2 Å². The minimum atomic E-state index is 0. The van der Waals surface area contributed by atoms with E-state index >= 15 is 0 Å². The van der Waals surface area contributed by atoms with Gasteiger partial charge in [-0.15, -0.1) is 0 Å². The van der Waals surface area contributed by atoms with E-state index in [9.17, 15) is 0 Å². The summed E-state index contributed by atoms with van der Waals surface area (Å²) in [5.74, 6) is 0. The van der Waals surface area contributed by atoms with Crippen LogP contribution in [0.15, 0.2) is 58.5 Å². The van der Waals surface area contributed by atoms with Crippen molar-refractivity contribution in [3.05, 3.63) is 59.7 Å². The molecule has 2 rings (SSSR count). The average Bonchev–Trinajstić information content (AvgIpc) is 3.36. The van der Waals surface area contributed by atoms with Crippen molar-refractivity contribution < 1.29 is 16.5 Å². The molecule has 69 heavy (non-hydrogen) atoms. The maximum Gasteiger partial charge on any atom is 0.0633 e. The molecular weight excluding hydrogens is 879 g/mol. The minimum Gasteiger partial charge on any atom is -0.252 e. The zero-order valence-electron chi connectivity index (χ0n) is 46.8. The second-order valence-electron chi connectivity index (χ2n) is 21.6. The molecule has 0 amide bonds. The molecule has 2 nitrogen and oxygen atoms in total. The molecule has 0 saturated carbocycles. The van der Waals surface area contributed by atoms with Gasteiger partial charge in [0.05, 0.1) is 22.8 Å². The van der Waals surface area contributed by atoms with E-state index in [-0.39, 0.29) is 16.5 Å². The Morgan fingerprint density at radius 3 is 0.696 bits per heavy atom. The molecule has 0 radical (unpaired) electrons. The fourth-order valence-electron chi connectivity index (χ4n) is 10.2. The molecule has 2 aromatic rings.